The summed E-state index contributed by atoms with van der Waals surface area (Å²) in [6.45, 7) is 0.652. The molecule has 1 aromatic carbocycles. The van der Waals surface area contributed by atoms with Gasteiger partial charge in [0.25, 0.3) is 0 Å². The van der Waals surface area contributed by atoms with Crippen LogP contribution in [-0.4, -0.2) is 23.3 Å². The number of nitrogens with zero attached hydrogens (tertiary/aromatic N) is 1. The molecular weight excluding hydrogens is 249 g/mol. The lowest BCUT2D eigenvalue weighted by Crippen LogP contribution is -2.28. The molecule has 0 fully saturated rings. The van der Waals surface area contributed by atoms with Crippen LogP contribution in [-0.2, 0) is 11.3 Å². The van der Waals surface area contributed by atoms with Crippen molar-refractivity contribution in [2.75, 3.05) is 0 Å². The molecule has 0 aliphatic rings. The van der Waals surface area contributed by atoms with Crippen molar-refractivity contribution < 1.29 is 23.1 Å². The standard InChI is InChI=1S/C11H13F3N2O2/c1-7(11(12,13)14)18-6-8-4-2-3-5-9(8)10(15)16-17/h2-5,7,17H,6H2,1H3,(H2,15,16). The molecule has 0 aliphatic carbocycles. The first-order valence-corrected chi connectivity index (χ1v) is 5.10. The van der Waals surface area contributed by atoms with E-state index in [2.05, 4.69) is 5.16 Å². The maximum absolute atomic E-state index is 12.3. The van der Waals surface area contributed by atoms with E-state index >= 15 is 0 Å². The largest absolute Gasteiger partial charge is 0.414 e. The minimum absolute atomic E-state index is 0.172. The quantitative estimate of drug-likeness (QED) is 0.378. The summed E-state index contributed by atoms with van der Waals surface area (Å²) < 4.78 is 41.5. The van der Waals surface area contributed by atoms with Gasteiger partial charge in [-0.05, 0) is 12.5 Å². The molecule has 0 heterocycles. The number of amidine groups is 1. The predicted octanol–water partition coefficient (Wildman–Crippen LogP) is 2.25. The highest BCUT2D eigenvalue weighted by atomic mass is 19.4. The number of oxime groups is 1. The molecule has 0 spiro atoms. The Morgan fingerprint density at radius 3 is 2.61 bits per heavy atom. The third-order valence-electron chi connectivity index (χ3n) is 2.35. The van der Waals surface area contributed by atoms with Gasteiger partial charge >= 0.3 is 6.18 Å². The molecule has 1 rings (SSSR count). The Morgan fingerprint density at radius 1 is 1.44 bits per heavy atom. The molecule has 7 heteroatoms. The van der Waals surface area contributed by atoms with Gasteiger partial charge in [0.05, 0.1) is 6.61 Å². The van der Waals surface area contributed by atoms with Crippen molar-refractivity contribution in [1.29, 1.82) is 0 Å². The van der Waals surface area contributed by atoms with Crippen molar-refractivity contribution in [1.82, 2.24) is 0 Å². The SMILES string of the molecule is CC(OCc1ccccc1C(N)=NO)C(F)(F)F. The average molecular weight is 262 g/mol. The van der Waals surface area contributed by atoms with Crippen LogP contribution in [0.3, 0.4) is 0 Å². The summed E-state index contributed by atoms with van der Waals surface area (Å²) in [5, 5.41) is 11.4. The number of hydrogen-bond donors (Lipinski definition) is 2. The van der Waals surface area contributed by atoms with Gasteiger partial charge in [-0.1, -0.05) is 29.4 Å². The Bertz CT molecular complexity index is 433. The third kappa shape index (κ3) is 3.63. The molecule has 100 valence electrons. The molecule has 18 heavy (non-hydrogen) atoms. The van der Waals surface area contributed by atoms with Crippen LogP contribution in [0.2, 0.25) is 0 Å². The minimum Gasteiger partial charge on any atom is -0.409 e. The maximum atomic E-state index is 12.3. The lowest BCUT2D eigenvalue weighted by atomic mass is 10.1. The third-order valence-corrected chi connectivity index (χ3v) is 2.35. The summed E-state index contributed by atoms with van der Waals surface area (Å²) in [6, 6.07) is 6.34. The van der Waals surface area contributed by atoms with Crippen molar-refractivity contribution >= 4 is 5.84 Å². The first-order chi connectivity index (χ1) is 8.36. The molecule has 0 radical (unpaired) electrons. The van der Waals surface area contributed by atoms with Crippen LogP contribution in [0.5, 0.6) is 0 Å². The van der Waals surface area contributed by atoms with Crippen LogP contribution in [0.1, 0.15) is 18.1 Å². The summed E-state index contributed by atoms with van der Waals surface area (Å²) >= 11 is 0. The molecule has 0 bridgehead atoms. The number of halogens is 3. The smallest absolute Gasteiger partial charge is 0.409 e. The van der Waals surface area contributed by atoms with Gasteiger partial charge < -0.3 is 15.7 Å². The molecule has 4 nitrogen and oxygen atoms in total. The van der Waals surface area contributed by atoms with Gasteiger partial charge in [0.15, 0.2) is 11.9 Å². The second kappa shape index (κ2) is 5.72. The van der Waals surface area contributed by atoms with Gasteiger partial charge in [-0.15, -0.1) is 0 Å². The van der Waals surface area contributed by atoms with Crippen LogP contribution in [0, 0.1) is 0 Å². The van der Waals surface area contributed by atoms with E-state index in [9.17, 15) is 13.2 Å². The van der Waals surface area contributed by atoms with Gasteiger partial charge in [-0.2, -0.15) is 13.2 Å². The first-order valence-electron chi connectivity index (χ1n) is 5.10. The number of alkyl halides is 3. The second-order valence-electron chi connectivity index (χ2n) is 3.64. The topological polar surface area (TPSA) is 67.8 Å². The van der Waals surface area contributed by atoms with Crippen molar-refractivity contribution in [2.45, 2.75) is 25.8 Å². The molecule has 0 amide bonds. The van der Waals surface area contributed by atoms with Gasteiger partial charge in [-0.3, -0.25) is 0 Å². The molecule has 3 N–H and O–H groups in total. The molecular formula is C11H13F3N2O2. The number of benzene rings is 1. The number of nitrogens with two attached hydrogens (primary N) is 1. The van der Waals surface area contributed by atoms with E-state index in [1.54, 1.807) is 18.2 Å². The lowest BCUT2D eigenvalue weighted by Gasteiger charge is -2.17. The zero-order chi connectivity index (χ0) is 13.8. The van der Waals surface area contributed by atoms with Crippen molar-refractivity contribution in [2.24, 2.45) is 10.9 Å². The monoisotopic (exact) mass is 262 g/mol. The molecule has 0 aliphatic heterocycles. The van der Waals surface area contributed by atoms with Crippen molar-refractivity contribution in [3.05, 3.63) is 35.4 Å². The average Bonchev–Trinajstić information content (AvgIpc) is 2.34. The minimum atomic E-state index is -4.41. The lowest BCUT2D eigenvalue weighted by molar-refractivity contribution is -0.217. The normalized spacial score (nSPS) is 14.6. The fourth-order valence-corrected chi connectivity index (χ4v) is 1.26. The summed E-state index contributed by atoms with van der Waals surface area (Å²) in [4.78, 5) is 0. The molecule has 0 saturated carbocycles. The fourth-order valence-electron chi connectivity index (χ4n) is 1.26. The van der Waals surface area contributed by atoms with E-state index in [4.69, 9.17) is 15.7 Å². The highest BCUT2D eigenvalue weighted by molar-refractivity contribution is 5.98. The fraction of sp³-hybridized carbons (Fsp3) is 0.364. The first kappa shape index (κ1) is 14.3. The summed E-state index contributed by atoms with van der Waals surface area (Å²) in [5.74, 6) is -0.172. The van der Waals surface area contributed by atoms with E-state index in [0.717, 1.165) is 6.92 Å². The number of rotatable bonds is 4. The highest BCUT2D eigenvalue weighted by Gasteiger charge is 2.36. The van der Waals surface area contributed by atoms with Crippen LogP contribution >= 0.6 is 0 Å². The Kier molecular flexibility index (Phi) is 4.55. The van der Waals surface area contributed by atoms with Crippen LogP contribution in [0.15, 0.2) is 29.4 Å². The molecule has 0 aromatic heterocycles. The van der Waals surface area contributed by atoms with Gasteiger partial charge in [0, 0.05) is 5.56 Å². The predicted molar refractivity (Wildman–Crippen MR) is 59.3 cm³/mol. The zero-order valence-corrected chi connectivity index (χ0v) is 9.61. The second-order valence-corrected chi connectivity index (χ2v) is 3.64. The molecule has 0 saturated heterocycles. The van der Waals surface area contributed by atoms with Crippen LogP contribution in [0.25, 0.3) is 0 Å². The Balaban J connectivity index is 2.80. The Hall–Kier alpha value is -1.76. The number of ether oxygens (including phenoxy) is 1. The number of hydrogen-bond acceptors (Lipinski definition) is 3. The van der Waals surface area contributed by atoms with E-state index < -0.39 is 12.3 Å². The molecule has 1 aromatic rings. The summed E-state index contributed by atoms with van der Waals surface area (Å²) in [6.07, 6.45) is -6.29. The van der Waals surface area contributed by atoms with Gasteiger partial charge in [0.2, 0.25) is 0 Å². The van der Waals surface area contributed by atoms with E-state index in [0.29, 0.717) is 11.1 Å². The van der Waals surface area contributed by atoms with E-state index in [1.165, 1.54) is 6.07 Å². The van der Waals surface area contributed by atoms with Gasteiger partial charge in [-0.25, -0.2) is 0 Å². The van der Waals surface area contributed by atoms with Crippen LogP contribution < -0.4 is 5.73 Å². The van der Waals surface area contributed by atoms with Gasteiger partial charge in [0.1, 0.15) is 0 Å². The molecule has 1 atom stereocenters. The molecule has 1 unspecified atom stereocenters. The van der Waals surface area contributed by atoms with Crippen LogP contribution in [0.4, 0.5) is 13.2 Å². The van der Waals surface area contributed by atoms with E-state index in [1.807, 2.05) is 0 Å². The zero-order valence-electron chi connectivity index (χ0n) is 9.61. The maximum Gasteiger partial charge on any atom is 0.414 e. The Labute approximate surface area is 102 Å². The summed E-state index contributed by atoms with van der Waals surface area (Å²) in [5.41, 5.74) is 6.17. The van der Waals surface area contributed by atoms with E-state index in [-0.39, 0.29) is 12.4 Å². The highest BCUT2D eigenvalue weighted by Crippen LogP contribution is 2.23. The van der Waals surface area contributed by atoms with Crippen molar-refractivity contribution in [3.8, 4) is 0 Å². The van der Waals surface area contributed by atoms with Crippen molar-refractivity contribution in [3.63, 3.8) is 0 Å². The summed E-state index contributed by atoms with van der Waals surface area (Å²) in [7, 11) is 0. The Morgan fingerprint density at radius 2 is 2.06 bits per heavy atom.